The quantitative estimate of drug-likeness (QED) is 0.566. The number of nitrogens with zero attached hydrogens (tertiary/aromatic N) is 2. The SMILES string of the molecule is [2H]C([2H])(NC(=O)c1cc(C(=O)NC([2H])([2H])c2cccc(C)c2)ncn1)c1ccc(C(=O)OC)cc1. The van der Waals surface area contributed by atoms with Crippen LogP contribution in [0.15, 0.2) is 60.9 Å². The van der Waals surface area contributed by atoms with Gasteiger partial charge in [-0.15, -0.1) is 0 Å². The predicted octanol–water partition coefficient (Wildman–Crippen LogP) is 2.43. The first kappa shape index (κ1) is 16.7. The molecule has 0 radical (unpaired) electrons. The van der Waals surface area contributed by atoms with Crippen LogP contribution in [0.25, 0.3) is 0 Å². The second kappa shape index (κ2) is 10.1. The molecule has 0 saturated heterocycles. The van der Waals surface area contributed by atoms with Crippen LogP contribution >= 0.6 is 0 Å². The molecule has 2 aromatic carbocycles. The van der Waals surface area contributed by atoms with Crippen LogP contribution in [0.5, 0.6) is 0 Å². The smallest absolute Gasteiger partial charge is 0.337 e. The van der Waals surface area contributed by atoms with Crippen LogP contribution in [0.3, 0.4) is 0 Å². The van der Waals surface area contributed by atoms with E-state index in [0.717, 1.165) is 18.0 Å². The van der Waals surface area contributed by atoms with Crippen LogP contribution in [-0.4, -0.2) is 34.9 Å². The number of hydrogen-bond donors (Lipinski definition) is 2. The highest BCUT2D eigenvalue weighted by Gasteiger charge is 2.13. The summed E-state index contributed by atoms with van der Waals surface area (Å²) >= 11 is 0. The molecule has 0 aliphatic carbocycles. The van der Waals surface area contributed by atoms with E-state index in [-0.39, 0.29) is 28.1 Å². The molecular formula is C23H22N4O4. The first-order valence-corrected chi connectivity index (χ1v) is 9.16. The summed E-state index contributed by atoms with van der Waals surface area (Å²) in [6, 6.07) is 13.0. The van der Waals surface area contributed by atoms with Crippen LogP contribution in [0, 0.1) is 6.92 Å². The average molecular weight is 422 g/mol. The van der Waals surface area contributed by atoms with Gasteiger partial charge in [-0.25, -0.2) is 14.8 Å². The summed E-state index contributed by atoms with van der Waals surface area (Å²) in [5, 5.41) is 4.42. The molecule has 8 nitrogen and oxygen atoms in total. The van der Waals surface area contributed by atoms with E-state index in [1.807, 2.05) is 0 Å². The molecule has 31 heavy (non-hydrogen) atoms. The highest BCUT2D eigenvalue weighted by molar-refractivity contribution is 5.97. The van der Waals surface area contributed by atoms with Crippen molar-refractivity contribution in [3.05, 3.63) is 94.6 Å². The Bertz CT molecular complexity index is 1270. The molecule has 0 aliphatic rings. The highest BCUT2D eigenvalue weighted by atomic mass is 16.5. The third kappa shape index (κ3) is 5.96. The second-order valence-electron chi connectivity index (χ2n) is 6.39. The number of aryl methyl sites for hydroxylation is 1. The minimum absolute atomic E-state index is 0.0666. The molecule has 0 fully saturated rings. The summed E-state index contributed by atoms with van der Waals surface area (Å²) in [6.45, 7) is -2.74. The Morgan fingerprint density at radius 2 is 1.52 bits per heavy atom. The number of methoxy groups -OCH3 is 1. The van der Waals surface area contributed by atoms with Crippen molar-refractivity contribution in [3.63, 3.8) is 0 Å². The fourth-order valence-corrected chi connectivity index (χ4v) is 2.52. The molecule has 158 valence electrons. The van der Waals surface area contributed by atoms with Crippen LogP contribution < -0.4 is 10.6 Å². The van der Waals surface area contributed by atoms with Crippen molar-refractivity contribution in [3.8, 4) is 0 Å². The van der Waals surface area contributed by atoms with Gasteiger partial charge < -0.3 is 15.4 Å². The summed E-state index contributed by atoms with van der Waals surface area (Å²) < 4.78 is 37.3. The van der Waals surface area contributed by atoms with Gasteiger partial charge in [0.2, 0.25) is 0 Å². The summed E-state index contributed by atoms with van der Waals surface area (Å²) in [4.78, 5) is 44.4. The molecule has 3 rings (SSSR count). The number of rotatable bonds is 7. The Balaban J connectivity index is 1.74. The number of ether oxygens (including phenoxy) is 1. The van der Waals surface area contributed by atoms with E-state index in [9.17, 15) is 14.4 Å². The highest BCUT2D eigenvalue weighted by Crippen LogP contribution is 2.07. The third-order valence-electron chi connectivity index (χ3n) is 4.10. The van der Waals surface area contributed by atoms with Crippen LogP contribution in [-0.2, 0) is 17.7 Å². The van der Waals surface area contributed by atoms with E-state index in [2.05, 4.69) is 25.3 Å². The van der Waals surface area contributed by atoms with Crippen molar-refractivity contribution < 1.29 is 24.6 Å². The molecule has 0 spiro atoms. The molecule has 0 bridgehead atoms. The van der Waals surface area contributed by atoms with E-state index < -0.39 is 30.8 Å². The molecule has 1 heterocycles. The Kier molecular flexibility index (Phi) is 5.44. The largest absolute Gasteiger partial charge is 0.465 e. The Morgan fingerprint density at radius 1 is 0.903 bits per heavy atom. The van der Waals surface area contributed by atoms with E-state index in [4.69, 9.17) is 5.48 Å². The number of aromatic nitrogens is 2. The topological polar surface area (TPSA) is 110 Å². The van der Waals surface area contributed by atoms with Gasteiger partial charge in [0.25, 0.3) is 11.8 Å². The van der Waals surface area contributed by atoms with Crippen molar-refractivity contribution in [1.29, 1.82) is 0 Å². The molecule has 0 unspecified atom stereocenters. The molecule has 2 amide bonds. The zero-order valence-electron chi connectivity index (χ0n) is 20.8. The van der Waals surface area contributed by atoms with Crippen molar-refractivity contribution in [1.82, 2.24) is 20.6 Å². The monoisotopic (exact) mass is 422 g/mol. The van der Waals surface area contributed by atoms with E-state index in [0.29, 0.717) is 0 Å². The Labute approximate surface area is 185 Å². The number of esters is 1. The van der Waals surface area contributed by atoms with Crippen LogP contribution in [0.2, 0.25) is 0 Å². The minimum atomic E-state index is -2.33. The van der Waals surface area contributed by atoms with Gasteiger partial charge in [0.1, 0.15) is 17.7 Å². The Morgan fingerprint density at radius 3 is 2.10 bits per heavy atom. The van der Waals surface area contributed by atoms with Crippen LogP contribution in [0.4, 0.5) is 0 Å². The number of carbonyl (C=O) groups is 3. The maximum absolute atomic E-state index is 12.7. The van der Waals surface area contributed by atoms with Crippen molar-refractivity contribution in [2.75, 3.05) is 7.11 Å². The predicted molar refractivity (Wildman–Crippen MR) is 113 cm³/mol. The number of carbonyl (C=O) groups excluding carboxylic acids is 3. The van der Waals surface area contributed by atoms with Crippen molar-refractivity contribution in [2.45, 2.75) is 19.9 Å². The lowest BCUT2D eigenvalue weighted by atomic mass is 10.1. The summed E-state index contributed by atoms with van der Waals surface area (Å²) in [6.07, 6.45) is 0.951. The minimum Gasteiger partial charge on any atom is -0.465 e. The van der Waals surface area contributed by atoms with Crippen LogP contribution in [0.1, 0.15) is 53.5 Å². The van der Waals surface area contributed by atoms with E-state index in [1.54, 1.807) is 25.1 Å². The standard InChI is InChI=1S/C23H22N4O4/c1-15-4-3-5-17(10-15)13-25-22(29)20-11-19(26-14-27-20)21(28)24-12-16-6-8-18(9-7-16)23(30)31-2/h3-11,14H,12-13H2,1-2H3,(H,24,28)(H,25,29)/i12D2,13D2. The zero-order chi connectivity index (χ0) is 25.8. The lowest BCUT2D eigenvalue weighted by Gasteiger charge is -2.08. The number of nitrogens with one attached hydrogen (secondary N) is 2. The summed E-state index contributed by atoms with van der Waals surface area (Å²) in [5.41, 5.74) is 0.772. The van der Waals surface area contributed by atoms with Gasteiger partial charge in [-0.05, 0) is 30.2 Å². The maximum atomic E-state index is 12.7. The van der Waals surface area contributed by atoms with Crippen molar-refractivity contribution >= 4 is 17.8 Å². The molecular weight excluding hydrogens is 396 g/mol. The summed E-state index contributed by atoms with van der Waals surface area (Å²) in [7, 11) is 1.22. The maximum Gasteiger partial charge on any atom is 0.337 e. The average Bonchev–Trinajstić information content (AvgIpc) is 2.83. The van der Waals surface area contributed by atoms with Gasteiger partial charge in [0.15, 0.2) is 0 Å². The summed E-state index contributed by atoms with van der Waals surface area (Å²) in [5.74, 6) is -2.39. The van der Waals surface area contributed by atoms with E-state index >= 15 is 0 Å². The molecule has 0 aliphatic heterocycles. The van der Waals surface area contributed by atoms with Gasteiger partial charge >= 0.3 is 5.97 Å². The first-order valence-electron chi connectivity index (χ1n) is 11.2. The fourth-order valence-electron chi connectivity index (χ4n) is 2.52. The number of amides is 2. The van der Waals surface area contributed by atoms with Gasteiger partial charge in [-0.1, -0.05) is 42.0 Å². The lowest BCUT2D eigenvalue weighted by Crippen LogP contribution is -2.27. The number of benzene rings is 2. The van der Waals surface area contributed by atoms with Gasteiger partial charge in [0.05, 0.1) is 18.2 Å². The zero-order valence-corrected chi connectivity index (χ0v) is 16.8. The normalized spacial score (nSPS) is 13.1. The number of hydrogen-bond acceptors (Lipinski definition) is 6. The van der Waals surface area contributed by atoms with Crippen molar-refractivity contribution in [2.24, 2.45) is 0 Å². The molecule has 2 N–H and O–H groups in total. The second-order valence-corrected chi connectivity index (χ2v) is 6.39. The van der Waals surface area contributed by atoms with Gasteiger partial charge in [-0.2, -0.15) is 0 Å². The molecule has 0 saturated carbocycles. The molecule has 1 aromatic heterocycles. The molecule has 8 heteroatoms. The Hall–Kier alpha value is -4.07. The van der Waals surface area contributed by atoms with Gasteiger partial charge in [-0.3, -0.25) is 9.59 Å². The molecule has 0 atom stereocenters. The van der Waals surface area contributed by atoms with Gasteiger partial charge in [0, 0.05) is 19.1 Å². The molecule has 3 aromatic rings. The van der Waals surface area contributed by atoms with E-state index in [1.165, 1.54) is 37.4 Å². The fraction of sp³-hybridized carbons (Fsp3) is 0.174. The first-order chi connectivity index (χ1) is 16.4. The lowest BCUT2D eigenvalue weighted by molar-refractivity contribution is 0.0600. The third-order valence-corrected chi connectivity index (χ3v) is 4.10.